The minimum absolute atomic E-state index is 0.243. The first kappa shape index (κ1) is 18.0. The summed E-state index contributed by atoms with van der Waals surface area (Å²) in [4.78, 5) is 33.3. The third-order valence-corrected chi connectivity index (χ3v) is 2.31. The van der Waals surface area contributed by atoms with Gasteiger partial charge in [-0.15, -0.1) is 0 Å². The summed E-state index contributed by atoms with van der Waals surface area (Å²) < 4.78 is 36.6. The summed E-state index contributed by atoms with van der Waals surface area (Å²) in [6.07, 6.45) is -5.18. The van der Waals surface area contributed by atoms with Crippen LogP contribution in [0, 0.1) is 0 Å². The standard InChI is InChI=1S/C10H16F3N3O4/c1-2-16(5-10(11,12)13)9(20)15-6(8(18)19)3-4-7(14)17/h6H,2-5H2,1H3,(H2,14,17)(H,15,20)(H,18,19). The normalized spacial score (nSPS) is 12.6. The topological polar surface area (TPSA) is 113 Å². The molecule has 0 saturated heterocycles. The van der Waals surface area contributed by atoms with Crippen molar-refractivity contribution >= 4 is 17.9 Å². The van der Waals surface area contributed by atoms with Crippen LogP contribution in [-0.2, 0) is 9.59 Å². The Morgan fingerprint density at radius 2 is 1.90 bits per heavy atom. The molecule has 3 amide bonds. The van der Waals surface area contributed by atoms with Gasteiger partial charge in [0.2, 0.25) is 5.91 Å². The number of carbonyl (C=O) groups is 3. The predicted octanol–water partition coefficient (Wildman–Crippen LogP) is 0.299. The van der Waals surface area contributed by atoms with E-state index < -0.39 is 36.7 Å². The third-order valence-electron chi connectivity index (χ3n) is 2.31. The fourth-order valence-electron chi connectivity index (χ4n) is 1.33. The number of carbonyl (C=O) groups excluding carboxylic acids is 2. The molecule has 10 heteroatoms. The first-order valence-corrected chi connectivity index (χ1v) is 5.70. The maximum absolute atomic E-state index is 12.2. The van der Waals surface area contributed by atoms with Crippen LogP contribution in [0.5, 0.6) is 0 Å². The first-order valence-electron chi connectivity index (χ1n) is 5.70. The van der Waals surface area contributed by atoms with Crippen LogP contribution >= 0.6 is 0 Å². The number of primary amides is 1. The number of nitrogens with zero attached hydrogens (tertiary/aromatic N) is 1. The lowest BCUT2D eigenvalue weighted by atomic mass is 10.1. The van der Waals surface area contributed by atoms with Gasteiger partial charge in [0.05, 0.1) is 0 Å². The second-order valence-corrected chi connectivity index (χ2v) is 3.97. The Bertz CT molecular complexity index is 373. The summed E-state index contributed by atoms with van der Waals surface area (Å²) in [7, 11) is 0. The highest BCUT2D eigenvalue weighted by molar-refractivity contribution is 5.83. The van der Waals surface area contributed by atoms with Crippen LogP contribution < -0.4 is 11.1 Å². The van der Waals surface area contributed by atoms with Crippen LogP contribution in [-0.4, -0.2) is 53.2 Å². The molecule has 0 bridgehead atoms. The average molecular weight is 299 g/mol. The molecule has 0 aliphatic carbocycles. The lowest BCUT2D eigenvalue weighted by Gasteiger charge is -2.24. The number of carboxylic acids is 1. The number of alkyl halides is 3. The van der Waals surface area contributed by atoms with Crippen molar-refractivity contribution in [1.29, 1.82) is 0 Å². The number of nitrogens with two attached hydrogens (primary N) is 1. The summed E-state index contributed by atoms with van der Waals surface area (Å²) in [5.74, 6) is -2.23. The highest BCUT2D eigenvalue weighted by Gasteiger charge is 2.33. The van der Waals surface area contributed by atoms with Gasteiger partial charge in [-0.25, -0.2) is 9.59 Å². The van der Waals surface area contributed by atoms with Crippen molar-refractivity contribution in [2.24, 2.45) is 5.73 Å². The van der Waals surface area contributed by atoms with E-state index in [0.717, 1.165) is 0 Å². The molecule has 0 radical (unpaired) electrons. The van der Waals surface area contributed by atoms with Gasteiger partial charge in [-0.3, -0.25) is 4.79 Å². The molecule has 1 unspecified atom stereocenters. The number of halogens is 3. The van der Waals surface area contributed by atoms with Gasteiger partial charge in [0.1, 0.15) is 12.6 Å². The number of urea groups is 1. The van der Waals surface area contributed by atoms with Crippen LogP contribution in [0.25, 0.3) is 0 Å². The lowest BCUT2D eigenvalue weighted by Crippen LogP contribution is -2.50. The van der Waals surface area contributed by atoms with E-state index in [2.05, 4.69) is 0 Å². The SMILES string of the molecule is CCN(CC(F)(F)F)C(=O)NC(CCC(N)=O)C(=O)O. The number of amides is 3. The van der Waals surface area contributed by atoms with Crippen LogP contribution in [0.15, 0.2) is 0 Å². The van der Waals surface area contributed by atoms with Crippen LogP contribution in [0.3, 0.4) is 0 Å². The van der Waals surface area contributed by atoms with E-state index in [-0.39, 0.29) is 19.4 Å². The first-order chi connectivity index (χ1) is 9.06. The molecule has 0 aliphatic rings. The highest BCUT2D eigenvalue weighted by Crippen LogP contribution is 2.16. The molecule has 0 heterocycles. The summed E-state index contributed by atoms with van der Waals surface area (Å²) in [5.41, 5.74) is 4.84. The number of nitrogens with one attached hydrogen (secondary N) is 1. The van der Waals surface area contributed by atoms with Gasteiger partial charge in [0.25, 0.3) is 0 Å². The molecule has 0 spiro atoms. The Morgan fingerprint density at radius 3 is 2.25 bits per heavy atom. The molecule has 1 atom stereocenters. The van der Waals surface area contributed by atoms with Gasteiger partial charge < -0.3 is 21.1 Å². The van der Waals surface area contributed by atoms with Crippen molar-refractivity contribution in [3.8, 4) is 0 Å². The van der Waals surface area contributed by atoms with Crippen LogP contribution in [0.4, 0.5) is 18.0 Å². The van der Waals surface area contributed by atoms with Gasteiger partial charge in [0, 0.05) is 13.0 Å². The molecule has 0 rings (SSSR count). The Labute approximate surface area is 112 Å². The number of rotatable bonds is 7. The fourth-order valence-corrected chi connectivity index (χ4v) is 1.33. The molecular weight excluding hydrogens is 283 g/mol. The molecule has 116 valence electrons. The second kappa shape index (κ2) is 7.56. The molecule has 0 aromatic heterocycles. The van der Waals surface area contributed by atoms with Crippen molar-refractivity contribution in [3.05, 3.63) is 0 Å². The molecule has 0 aromatic carbocycles. The van der Waals surface area contributed by atoms with E-state index in [0.29, 0.717) is 4.90 Å². The van der Waals surface area contributed by atoms with Crippen molar-refractivity contribution in [2.45, 2.75) is 32.0 Å². The van der Waals surface area contributed by atoms with Crippen LogP contribution in [0.1, 0.15) is 19.8 Å². The van der Waals surface area contributed by atoms with E-state index in [1.54, 1.807) is 0 Å². The summed E-state index contributed by atoms with van der Waals surface area (Å²) in [6.45, 7) is -0.407. The van der Waals surface area contributed by atoms with E-state index in [4.69, 9.17) is 10.8 Å². The molecule has 0 saturated carbocycles. The monoisotopic (exact) mass is 299 g/mol. The van der Waals surface area contributed by atoms with Crippen molar-refractivity contribution in [3.63, 3.8) is 0 Å². The largest absolute Gasteiger partial charge is 0.480 e. The number of hydrogen-bond donors (Lipinski definition) is 3. The van der Waals surface area contributed by atoms with E-state index in [1.807, 2.05) is 5.32 Å². The van der Waals surface area contributed by atoms with Crippen molar-refractivity contribution < 1.29 is 32.7 Å². The molecule has 0 aromatic rings. The Hall–Kier alpha value is -2.00. The minimum atomic E-state index is -4.58. The second-order valence-electron chi connectivity index (χ2n) is 3.97. The van der Waals surface area contributed by atoms with Gasteiger partial charge >= 0.3 is 18.2 Å². The molecule has 7 nitrogen and oxygen atoms in total. The lowest BCUT2D eigenvalue weighted by molar-refractivity contribution is -0.140. The van der Waals surface area contributed by atoms with Gasteiger partial charge in [-0.05, 0) is 13.3 Å². The molecule has 0 fully saturated rings. The minimum Gasteiger partial charge on any atom is -0.480 e. The summed E-state index contributed by atoms with van der Waals surface area (Å²) >= 11 is 0. The van der Waals surface area contributed by atoms with E-state index in [1.165, 1.54) is 6.92 Å². The van der Waals surface area contributed by atoms with Gasteiger partial charge in [0.15, 0.2) is 0 Å². The fraction of sp³-hybridized carbons (Fsp3) is 0.700. The summed E-state index contributed by atoms with van der Waals surface area (Å²) in [6, 6.07) is -2.64. The Balaban J connectivity index is 4.64. The van der Waals surface area contributed by atoms with Gasteiger partial charge in [-0.1, -0.05) is 0 Å². The van der Waals surface area contributed by atoms with E-state index >= 15 is 0 Å². The van der Waals surface area contributed by atoms with E-state index in [9.17, 15) is 27.6 Å². The smallest absolute Gasteiger partial charge is 0.406 e. The average Bonchev–Trinajstić information content (AvgIpc) is 2.29. The van der Waals surface area contributed by atoms with Crippen molar-refractivity contribution in [2.75, 3.05) is 13.1 Å². The Morgan fingerprint density at radius 1 is 1.35 bits per heavy atom. The number of hydrogen-bond acceptors (Lipinski definition) is 3. The zero-order valence-electron chi connectivity index (χ0n) is 10.7. The highest BCUT2D eigenvalue weighted by atomic mass is 19.4. The molecule has 0 aliphatic heterocycles. The van der Waals surface area contributed by atoms with Gasteiger partial charge in [-0.2, -0.15) is 13.2 Å². The van der Waals surface area contributed by atoms with Crippen LogP contribution in [0.2, 0.25) is 0 Å². The number of carboxylic acid groups (broad SMARTS) is 1. The van der Waals surface area contributed by atoms with Crippen molar-refractivity contribution in [1.82, 2.24) is 10.2 Å². The summed E-state index contributed by atoms with van der Waals surface area (Å²) in [5, 5.41) is 10.7. The number of aliphatic carboxylic acids is 1. The maximum Gasteiger partial charge on any atom is 0.406 e. The molecule has 20 heavy (non-hydrogen) atoms. The quantitative estimate of drug-likeness (QED) is 0.627. The predicted molar refractivity (Wildman–Crippen MR) is 61.7 cm³/mol. The zero-order chi connectivity index (χ0) is 15.9. The third kappa shape index (κ3) is 7.44. The molecule has 4 N–H and O–H groups in total. The molecular formula is C10H16F3N3O4. The zero-order valence-corrected chi connectivity index (χ0v) is 10.7. The Kier molecular flexibility index (Phi) is 6.80. The maximum atomic E-state index is 12.2.